The van der Waals surface area contributed by atoms with E-state index in [-0.39, 0.29) is 0 Å². The van der Waals surface area contributed by atoms with E-state index in [1.54, 1.807) is 5.48 Å². The van der Waals surface area contributed by atoms with Crippen molar-refractivity contribution >= 4 is 11.8 Å². The molecule has 0 aliphatic rings. The highest BCUT2D eigenvalue weighted by molar-refractivity contribution is 5.95. The Labute approximate surface area is 106 Å². The van der Waals surface area contributed by atoms with E-state index in [0.717, 1.165) is 12.1 Å². The van der Waals surface area contributed by atoms with Crippen molar-refractivity contribution in [2.45, 2.75) is 6.18 Å². The number of halogens is 3. The molecule has 1 aromatic rings. The first-order chi connectivity index (χ1) is 8.86. The van der Waals surface area contributed by atoms with Crippen LogP contribution < -0.4 is 10.8 Å². The molecule has 0 spiro atoms. The lowest BCUT2D eigenvalue weighted by atomic mass is 10.1. The monoisotopic (exact) mass is 276 g/mol. The summed E-state index contributed by atoms with van der Waals surface area (Å²) >= 11 is 0. The van der Waals surface area contributed by atoms with Gasteiger partial charge in [0.05, 0.1) is 11.1 Å². The summed E-state index contributed by atoms with van der Waals surface area (Å²) in [5.41, 5.74) is 0.127. The summed E-state index contributed by atoms with van der Waals surface area (Å²) < 4.78 is 37.9. The molecule has 0 saturated heterocycles. The van der Waals surface area contributed by atoms with Crippen molar-refractivity contribution in [3.63, 3.8) is 0 Å². The van der Waals surface area contributed by atoms with E-state index in [0.29, 0.717) is 0 Å². The van der Waals surface area contributed by atoms with Gasteiger partial charge in [0.1, 0.15) is 0 Å². The average Bonchev–Trinajstić information content (AvgIpc) is 2.37. The van der Waals surface area contributed by atoms with Crippen LogP contribution in [-0.2, 0) is 15.8 Å². The lowest BCUT2D eigenvalue weighted by Gasteiger charge is -2.12. The van der Waals surface area contributed by atoms with Gasteiger partial charge in [0.15, 0.2) is 6.61 Å². The number of likely N-dealkylation sites (N-methyl/N-ethyl adjacent to an activating group) is 1. The van der Waals surface area contributed by atoms with Gasteiger partial charge in [-0.15, -0.1) is 0 Å². The van der Waals surface area contributed by atoms with Gasteiger partial charge >= 0.3 is 6.18 Å². The smallest absolute Gasteiger partial charge is 0.357 e. The van der Waals surface area contributed by atoms with Crippen LogP contribution in [0, 0.1) is 0 Å². The zero-order valence-electron chi connectivity index (χ0n) is 9.88. The summed E-state index contributed by atoms with van der Waals surface area (Å²) in [5, 5.41) is 2.22. The van der Waals surface area contributed by atoms with Gasteiger partial charge in [-0.3, -0.25) is 14.4 Å². The van der Waals surface area contributed by atoms with Crippen molar-refractivity contribution in [2.24, 2.45) is 0 Å². The highest BCUT2D eigenvalue weighted by atomic mass is 19.4. The molecule has 1 rings (SSSR count). The fourth-order valence-corrected chi connectivity index (χ4v) is 1.22. The van der Waals surface area contributed by atoms with Crippen molar-refractivity contribution in [3.8, 4) is 0 Å². The summed E-state index contributed by atoms with van der Waals surface area (Å²) in [4.78, 5) is 26.8. The van der Waals surface area contributed by atoms with E-state index in [1.165, 1.54) is 19.2 Å². The number of nitrogens with one attached hydrogen (secondary N) is 2. The Kier molecular flexibility index (Phi) is 4.87. The molecule has 0 aliphatic heterocycles. The maximum absolute atomic E-state index is 12.6. The maximum Gasteiger partial charge on any atom is 0.417 e. The second-order valence-corrected chi connectivity index (χ2v) is 3.44. The summed E-state index contributed by atoms with van der Waals surface area (Å²) in [5.74, 6) is -1.60. The molecule has 2 N–H and O–H groups in total. The van der Waals surface area contributed by atoms with E-state index < -0.39 is 35.7 Å². The van der Waals surface area contributed by atoms with Crippen LogP contribution in [-0.4, -0.2) is 25.5 Å². The van der Waals surface area contributed by atoms with Gasteiger partial charge in [0, 0.05) is 7.05 Å². The lowest BCUT2D eigenvalue weighted by molar-refractivity contribution is -0.138. The third-order valence-electron chi connectivity index (χ3n) is 2.12. The molecule has 2 amide bonds. The average molecular weight is 276 g/mol. The number of hydrogen-bond acceptors (Lipinski definition) is 3. The van der Waals surface area contributed by atoms with Crippen molar-refractivity contribution < 1.29 is 27.6 Å². The van der Waals surface area contributed by atoms with Crippen LogP contribution in [0.4, 0.5) is 13.2 Å². The molecule has 0 atom stereocenters. The molecule has 0 radical (unpaired) electrons. The minimum atomic E-state index is -4.64. The van der Waals surface area contributed by atoms with Gasteiger partial charge in [-0.05, 0) is 12.1 Å². The highest BCUT2D eigenvalue weighted by Crippen LogP contribution is 2.31. The molecule has 8 heteroatoms. The van der Waals surface area contributed by atoms with E-state index in [9.17, 15) is 22.8 Å². The molecule has 0 bridgehead atoms. The molecule has 0 fully saturated rings. The van der Waals surface area contributed by atoms with Crippen LogP contribution >= 0.6 is 0 Å². The van der Waals surface area contributed by atoms with E-state index in [1.807, 2.05) is 0 Å². The second kappa shape index (κ2) is 6.19. The van der Waals surface area contributed by atoms with E-state index in [2.05, 4.69) is 10.2 Å². The van der Waals surface area contributed by atoms with Crippen LogP contribution in [0.1, 0.15) is 15.9 Å². The van der Waals surface area contributed by atoms with Gasteiger partial charge in [-0.2, -0.15) is 13.2 Å². The highest BCUT2D eigenvalue weighted by Gasteiger charge is 2.34. The number of carbonyl (C=O) groups is 2. The Morgan fingerprint density at radius 3 is 2.47 bits per heavy atom. The van der Waals surface area contributed by atoms with Crippen LogP contribution in [0.3, 0.4) is 0 Å². The fourth-order valence-electron chi connectivity index (χ4n) is 1.22. The van der Waals surface area contributed by atoms with E-state index >= 15 is 0 Å². The molecule has 104 valence electrons. The van der Waals surface area contributed by atoms with E-state index in [4.69, 9.17) is 0 Å². The minimum Gasteiger partial charge on any atom is -0.357 e. The normalized spacial score (nSPS) is 10.9. The largest absolute Gasteiger partial charge is 0.417 e. The summed E-state index contributed by atoms with van der Waals surface area (Å²) in [6, 6.07) is 4.27. The Morgan fingerprint density at radius 1 is 1.26 bits per heavy atom. The predicted octanol–water partition coefficient (Wildman–Crippen LogP) is 1.11. The predicted molar refractivity (Wildman–Crippen MR) is 58.9 cm³/mol. The first-order valence-corrected chi connectivity index (χ1v) is 5.15. The van der Waals surface area contributed by atoms with Gasteiger partial charge in [0.25, 0.3) is 5.91 Å². The topological polar surface area (TPSA) is 67.4 Å². The standard InChI is InChI=1S/C11H11F3N2O3/c1-15-9(17)6-19-16-10(18)7-4-2-3-5-8(7)11(12,13)14/h2-5H,6H2,1H3,(H,15,17)(H,16,18). The van der Waals surface area contributed by atoms with Crippen molar-refractivity contribution in [3.05, 3.63) is 35.4 Å². The van der Waals surface area contributed by atoms with Crippen LogP contribution in [0.25, 0.3) is 0 Å². The lowest BCUT2D eigenvalue weighted by Crippen LogP contribution is -2.32. The maximum atomic E-state index is 12.6. The molecular formula is C11H11F3N2O3. The molecule has 1 aromatic carbocycles. The van der Waals surface area contributed by atoms with Gasteiger partial charge in [-0.25, -0.2) is 5.48 Å². The zero-order chi connectivity index (χ0) is 14.5. The Balaban J connectivity index is 2.75. The Hall–Kier alpha value is -2.09. The molecule has 5 nitrogen and oxygen atoms in total. The Morgan fingerprint density at radius 2 is 1.89 bits per heavy atom. The molecule has 0 aliphatic carbocycles. The van der Waals surface area contributed by atoms with Gasteiger partial charge < -0.3 is 5.32 Å². The molecule has 0 saturated carbocycles. The van der Waals surface area contributed by atoms with Crippen molar-refractivity contribution in [1.29, 1.82) is 0 Å². The number of amides is 2. The molecule has 0 unspecified atom stereocenters. The number of rotatable bonds is 4. The van der Waals surface area contributed by atoms with Crippen molar-refractivity contribution in [1.82, 2.24) is 10.8 Å². The summed E-state index contributed by atoms with van der Waals surface area (Å²) in [6.45, 7) is -0.490. The third-order valence-corrected chi connectivity index (χ3v) is 2.12. The van der Waals surface area contributed by atoms with Crippen LogP contribution in [0.15, 0.2) is 24.3 Å². The first-order valence-electron chi connectivity index (χ1n) is 5.15. The summed E-state index contributed by atoms with van der Waals surface area (Å²) in [7, 11) is 1.35. The number of carbonyl (C=O) groups excluding carboxylic acids is 2. The molecule has 19 heavy (non-hydrogen) atoms. The molecule has 0 aromatic heterocycles. The number of hydrogen-bond donors (Lipinski definition) is 2. The van der Waals surface area contributed by atoms with Crippen LogP contribution in [0.5, 0.6) is 0 Å². The first kappa shape index (κ1) is 15.0. The quantitative estimate of drug-likeness (QED) is 0.810. The summed E-state index contributed by atoms with van der Waals surface area (Å²) in [6.07, 6.45) is -4.64. The number of alkyl halides is 3. The van der Waals surface area contributed by atoms with Crippen molar-refractivity contribution in [2.75, 3.05) is 13.7 Å². The van der Waals surface area contributed by atoms with Gasteiger partial charge in [0.2, 0.25) is 5.91 Å². The third kappa shape index (κ3) is 4.25. The minimum absolute atomic E-state index is 0.490. The van der Waals surface area contributed by atoms with Crippen LogP contribution in [0.2, 0.25) is 0 Å². The SMILES string of the molecule is CNC(=O)CONC(=O)c1ccccc1C(F)(F)F. The molecule has 0 heterocycles. The zero-order valence-corrected chi connectivity index (χ0v) is 9.88. The van der Waals surface area contributed by atoms with Gasteiger partial charge in [-0.1, -0.05) is 12.1 Å². The fraction of sp³-hybridized carbons (Fsp3) is 0.273. The number of hydroxylamine groups is 1. The Bertz CT molecular complexity index is 474. The molecular weight excluding hydrogens is 265 g/mol. The number of benzene rings is 1. The second-order valence-electron chi connectivity index (χ2n) is 3.44.